The summed E-state index contributed by atoms with van der Waals surface area (Å²) < 4.78 is 12.0. The number of aliphatic hydroxyl groups is 2. The van der Waals surface area contributed by atoms with Gasteiger partial charge >= 0.3 is 5.97 Å². The number of esters is 1. The smallest absolute Gasteiger partial charge is 0.338 e. The van der Waals surface area contributed by atoms with Crippen molar-refractivity contribution in [1.82, 2.24) is 0 Å². The zero-order chi connectivity index (χ0) is 25.9. The van der Waals surface area contributed by atoms with Crippen molar-refractivity contribution in [1.29, 1.82) is 0 Å². The van der Waals surface area contributed by atoms with Gasteiger partial charge in [0.25, 0.3) is 0 Å². The van der Waals surface area contributed by atoms with Crippen molar-refractivity contribution >= 4 is 23.3 Å². The van der Waals surface area contributed by atoms with Crippen LogP contribution in [0.15, 0.2) is 36.4 Å². The summed E-state index contributed by atoms with van der Waals surface area (Å²) in [6, 6.07) is 11.4. The van der Waals surface area contributed by atoms with Gasteiger partial charge in [-0.1, -0.05) is 17.7 Å². The van der Waals surface area contributed by atoms with Gasteiger partial charge in [0.05, 0.1) is 24.0 Å². The maximum absolute atomic E-state index is 12.9. The first-order valence-corrected chi connectivity index (χ1v) is 13.3. The molecule has 7 heteroatoms. The molecule has 1 aliphatic carbocycles. The highest BCUT2D eigenvalue weighted by Crippen LogP contribution is 2.40. The Balaban J connectivity index is 1.66. The number of aliphatic hydroxyl groups excluding tert-OH is 2. The molecule has 0 spiro atoms. The molecule has 4 rings (SSSR count). The largest absolute Gasteiger partial charge is 0.487 e. The van der Waals surface area contributed by atoms with E-state index in [0.29, 0.717) is 17.9 Å². The van der Waals surface area contributed by atoms with Crippen LogP contribution in [0.25, 0.3) is 0 Å². The Kier molecular flexibility index (Phi) is 8.48. The SMILES string of the molecule is CC(C)(C)OC(=O)c1ccc2c(c1)N(C[C@@H]1CC[C@H]1[C@@H](O)CO)CCCCc1cc(Cl)ccc1CO2. The Hall–Kier alpha value is -2.28. The second-order valence-electron chi connectivity index (χ2n) is 11.0. The fourth-order valence-corrected chi connectivity index (χ4v) is 5.34. The molecule has 2 aromatic carbocycles. The van der Waals surface area contributed by atoms with E-state index in [9.17, 15) is 15.0 Å². The van der Waals surface area contributed by atoms with Gasteiger partial charge in [-0.3, -0.25) is 0 Å². The lowest BCUT2D eigenvalue weighted by atomic mass is 9.70. The lowest BCUT2D eigenvalue weighted by Crippen LogP contribution is -2.44. The molecule has 0 unspecified atom stereocenters. The highest BCUT2D eigenvalue weighted by molar-refractivity contribution is 6.30. The van der Waals surface area contributed by atoms with E-state index in [0.717, 1.165) is 61.5 Å². The number of hydrogen-bond donors (Lipinski definition) is 2. The molecule has 196 valence electrons. The number of benzene rings is 2. The molecule has 1 fully saturated rings. The van der Waals surface area contributed by atoms with E-state index in [1.165, 1.54) is 5.56 Å². The summed E-state index contributed by atoms with van der Waals surface area (Å²) in [6.07, 6.45) is 4.10. The number of aryl methyl sites for hydroxylation is 1. The average Bonchev–Trinajstić information content (AvgIpc) is 2.83. The van der Waals surface area contributed by atoms with Crippen LogP contribution in [0.3, 0.4) is 0 Å². The van der Waals surface area contributed by atoms with Crippen LogP contribution < -0.4 is 9.64 Å². The molecule has 1 aliphatic heterocycles. The van der Waals surface area contributed by atoms with Crippen molar-refractivity contribution in [3.8, 4) is 5.75 Å². The predicted octanol–water partition coefficient (Wildman–Crippen LogP) is 5.40. The third kappa shape index (κ3) is 6.53. The fraction of sp³-hybridized carbons (Fsp3) is 0.552. The number of ether oxygens (including phenoxy) is 2. The molecule has 2 aliphatic rings. The average molecular weight is 516 g/mol. The molecule has 1 saturated carbocycles. The maximum Gasteiger partial charge on any atom is 0.338 e. The molecule has 0 radical (unpaired) electrons. The molecule has 0 bridgehead atoms. The van der Waals surface area contributed by atoms with Crippen molar-refractivity contribution in [2.45, 2.75) is 71.2 Å². The Morgan fingerprint density at radius 1 is 1.17 bits per heavy atom. The summed E-state index contributed by atoms with van der Waals surface area (Å²) >= 11 is 6.27. The van der Waals surface area contributed by atoms with Gasteiger partial charge in [-0.15, -0.1) is 0 Å². The molecule has 2 N–H and O–H groups in total. The fourth-order valence-electron chi connectivity index (χ4n) is 5.15. The molecule has 3 atom stereocenters. The molecule has 0 saturated heterocycles. The van der Waals surface area contributed by atoms with Gasteiger partial charge in [-0.2, -0.15) is 0 Å². The highest BCUT2D eigenvalue weighted by Gasteiger charge is 2.37. The Morgan fingerprint density at radius 2 is 1.97 bits per heavy atom. The summed E-state index contributed by atoms with van der Waals surface area (Å²) in [6.45, 7) is 7.30. The number of fused-ring (bicyclic) bond motifs is 2. The van der Waals surface area contributed by atoms with Crippen molar-refractivity contribution in [2.75, 3.05) is 24.6 Å². The monoisotopic (exact) mass is 515 g/mol. The van der Waals surface area contributed by atoms with Crippen molar-refractivity contribution < 1.29 is 24.5 Å². The number of carbonyl (C=O) groups is 1. The second kappa shape index (κ2) is 11.4. The Bertz CT molecular complexity index is 1070. The first kappa shape index (κ1) is 26.8. The lowest BCUT2D eigenvalue weighted by molar-refractivity contribution is -0.0181. The van der Waals surface area contributed by atoms with Gasteiger partial charge in [0.15, 0.2) is 0 Å². The van der Waals surface area contributed by atoms with Crippen LogP contribution in [-0.4, -0.2) is 47.6 Å². The van der Waals surface area contributed by atoms with Gasteiger partial charge in [0.1, 0.15) is 18.0 Å². The normalized spacial score (nSPS) is 21.2. The minimum Gasteiger partial charge on any atom is -0.487 e. The van der Waals surface area contributed by atoms with Crippen molar-refractivity contribution in [2.24, 2.45) is 11.8 Å². The number of halogens is 1. The number of nitrogens with zero attached hydrogens (tertiary/aromatic N) is 1. The highest BCUT2D eigenvalue weighted by atomic mass is 35.5. The van der Waals surface area contributed by atoms with Crippen LogP contribution in [0.1, 0.15) is 67.9 Å². The van der Waals surface area contributed by atoms with E-state index in [2.05, 4.69) is 4.90 Å². The molecule has 6 nitrogen and oxygen atoms in total. The minimum atomic E-state index is -0.698. The van der Waals surface area contributed by atoms with Gasteiger partial charge in [0.2, 0.25) is 0 Å². The molecular weight excluding hydrogens is 478 g/mol. The molecule has 2 aromatic rings. The van der Waals surface area contributed by atoms with E-state index in [1.54, 1.807) is 6.07 Å². The predicted molar refractivity (Wildman–Crippen MR) is 142 cm³/mol. The Morgan fingerprint density at radius 3 is 2.67 bits per heavy atom. The molecule has 1 heterocycles. The number of carbonyl (C=O) groups excluding carboxylic acids is 1. The van der Waals surface area contributed by atoms with Crippen LogP contribution >= 0.6 is 11.6 Å². The number of rotatable bonds is 5. The summed E-state index contributed by atoms with van der Waals surface area (Å²) in [5, 5.41) is 20.5. The molecule has 36 heavy (non-hydrogen) atoms. The van der Waals surface area contributed by atoms with Gasteiger partial charge in [0, 0.05) is 18.1 Å². The minimum absolute atomic E-state index is 0.0815. The summed E-state index contributed by atoms with van der Waals surface area (Å²) in [5.41, 5.74) is 3.07. The molecule has 0 aromatic heterocycles. The zero-order valence-electron chi connectivity index (χ0n) is 21.5. The third-order valence-corrected chi connectivity index (χ3v) is 7.46. The third-order valence-electron chi connectivity index (χ3n) is 7.22. The van der Waals surface area contributed by atoms with Crippen LogP contribution in [0, 0.1) is 11.8 Å². The van der Waals surface area contributed by atoms with Gasteiger partial charge in [-0.05, 0) is 106 Å². The second-order valence-corrected chi connectivity index (χ2v) is 11.5. The van der Waals surface area contributed by atoms with E-state index >= 15 is 0 Å². The van der Waals surface area contributed by atoms with E-state index in [1.807, 2.05) is 51.1 Å². The van der Waals surface area contributed by atoms with Crippen LogP contribution in [-0.2, 0) is 17.8 Å². The van der Waals surface area contributed by atoms with Crippen molar-refractivity contribution in [3.63, 3.8) is 0 Å². The van der Waals surface area contributed by atoms with Crippen LogP contribution in [0.4, 0.5) is 5.69 Å². The first-order valence-electron chi connectivity index (χ1n) is 13.0. The topological polar surface area (TPSA) is 79.2 Å². The van der Waals surface area contributed by atoms with Gasteiger partial charge in [-0.25, -0.2) is 4.79 Å². The van der Waals surface area contributed by atoms with Crippen LogP contribution in [0.5, 0.6) is 5.75 Å². The van der Waals surface area contributed by atoms with Gasteiger partial charge < -0.3 is 24.6 Å². The lowest BCUT2D eigenvalue weighted by Gasteiger charge is -2.42. The first-order chi connectivity index (χ1) is 17.1. The standard InChI is InChI=1S/C29H38ClNO5/c1-29(2,3)36-28(34)20-9-12-27-25(15-20)31(16-21-8-11-24(21)26(33)17-32)13-5-4-6-19-14-23(30)10-7-22(19)18-35-27/h7,9-10,12,14-15,21,24,26,32-33H,4-6,8,11,13,16-18H2,1-3H3/t21-,24+,26-/m0/s1. The summed E-state index contributed by atoms with van der Waals surface area (Å²) in [4.78, 5) is 15.2. The van der Waals surface area contributed by atoms with E-state index in [-0.39, 0.29) is 24.4 Å². The Labute approximate surface area is 219 Å². The summed E-state index contributed by atoms with van der Waals surface area (Å²) in [5.74, 6) is 0.699. The van der Waals surface area contributed by atoms with E-state index < -0.39 is 11.7 Å². The number of hydrogen-bond acceptors (Lipinski definition) is 6. The quantitative estimate of drug-likeness (QED) is 0.519. The maximum atomic E-state index is 12.9. The van der Waals surface area contributed by atoms with Crippen LogP contribution in [0.2, 0.25) is 5.02 Å². The molecule has 0 amide bonds. The van der Waals surface area contributed by atoms with Crippen molar-refractivity contribution in [3.05, 3.63) is 58.1 Å². The van der Waals surface area contributed by atoms with E-state index in [4.69, 9.17) is 21.1 Å². The molecular formula is C29H38ClNO5. The summed E-state index contributed by atoms with van der Waals surface area (Å²) in [7, 11) is 0. The zero-order valence-corrected chi connectivity index (χ0v) is 22.3. The number of anilines is 1.